The third kappa shape index (κ3) is 6.70. The summed E-state index contributed by atoms with van der Waals surface area (Å²) < 4.78 is 5.70. The van der Waals surface area contributed by atoms with E-state index in [0.29, 0.717) is 4.43 Å². The van der Waals surface area contributed by atoms with E-state index in [1.807, 2.05) is 20.8 Å². The molecule has 1 atom stereocenters. The number of carbonyl (C=O) groups is 1. The number of terminal acetylenes is 1. The molecule has 74 valence electrons. The number of amides is 1. The summed E-state index contributed by atoms with van der Waals surface area (Å²) in [6, 6.07) is -0.254. The van der Waals surface area contributed by atoms with Crippen molar-refractivity contribution in [2.75, 3.05) is 4.43 Å². The lowest BCUT2D eigenvalue weighted by atomic mass is 10.2. The molecule has 0 aromatic heterocycles. The molecule has 1 amide bonds. The van der Waals surface area contributed by atoms with Gasteiger partial charge in [-0.25, -0.2) is 4.79 Å². The highest BCUT2D eigenvalue weighted by Crippen LogP contribution is 2.06. The van der Waals surface area contributed by atoms with Crippen LogP contribution in [0.25, 0.3) is 0 Å². The minimum atomic E-state index is -0.478. The largest absolute Gasteiger partial charge is 0.444 e. The van der Waals surface area contributed by atoms with Gasteiger partial charge in [0.25, 0.3) is 0 Å². The Morgan fingerprint density at radius 2 is 2.23 bits per heavy atom. The molecule has 0 aromatic carbocycles. The lowest BCUT2D eigenvalue weighted by Gasteiger charge is -2.20. The summed E-state index contributed by atoms with van der Waals surface area (Å²) in [4.78, 5) is 11.2. The van der Waals surface area contributed by atoms with E-state index in [9.17, 15) is 4.79 Å². The first-order chi connectivity index (χ1) is 5.89. The number of alkyl halides is 1. The van der Waals surface area contributed by atoms with Gasteiger partial charge >= 0.3 is 6.09 Å². The van der Waals surface area contributed by atoms with Gasteiger partial charge in [-0.1, -0.05) is 28.5 Å². The number of alkyl carbamates (subject to hydrolysis) is 1. The molecule has 0 heterocycles. The molecule has 0 bridgehead atoms. The van der Waals surface area contributed by atoms with E-state index in [4.69, 9.17) is 11.2 Å². The molecule has 1 N–H and O–H groups in total. The van der Waals surface area contributed by atoms with Crippen molar-refractivity contribution in [2.45, 2.75) is 32.4 Å². The van der Waals surface area contributed by atoms with Crippen molar-refractivity contribution in [3.8, 4) is 12.3 Å². The maximum atomic E-state index is 11.2. The second-order valence-corrected chi connectivity index (χ2v) is 4.40. The Kier molecular flexibility index (Phi) is 5.14. The first kappa shape index (κ1) is 12.6. The van der Waals surface area contributed by atoms with E-state index in [1.54, 1.807) is 0 Å². The van der Waals surface area contributed by atoms with Gasteiger partial charge in [0.2, 0.25) is 0 Å². The predicted molar refractivity (Wildman–Crippen MR) is 60.9 cm³/mol. The van der Waals surface area contributed by atoms with Crippen LogP contribution in [0.15, 0.2) is 0 Å². The number of ether oxygens (including phenoxy) is 1. The Hall–Kier alpha value is -0.440. The smallest absolute Gasteiger partial charge is 0.408 e. The second-order valence-electron chi connectivity index (χ2n) is 3.52. The van der Waals surface area contributed by atoms with Gasteiger partial charge in [-0.05, 0) is 20.8 Å². The molecule has 0 saturated heterocycles. The van der Waals surface area contributed by atoms with Crippen molar-refractivity contribution in [2.24, 2.45) is 0 Å². The van der Waals surface area contributed by atoms with Crippen molar-refractivity contribution < 1.29 is 9.53 Å². The quantitative estimate of drug-likeness (QED) is 0.480. The Morgan fingerprint density at radius 1 is 1.69 bits per heavy atom. The Balaban J connectivity index is 3.96. The average molecular weight is 295 g/mol. The summed E-state index contributed by atoms with van der Waals surface area (Å²) >= 11 is 2.11. The summed E-state index contributed by atoms with van der Waals surface area (Å²) in [7, 11) is 0. The second kappa shape index (κ2) is 5.32. The lowest BCUT2D eigenvalue weighted by molar-refractivity contribution is 0.0521. The monoisotopic (exact) mass is 295 g/mol. The van der Waals surface area contributed by atoms with Gasteiger partial charge in [0.1, 0.15) is 11.6 Å². The normalized spacial score (nSPS) is 12.8. The standard InChI is InChI=1S/C9H14INO2/c1-5-7(6-10)11-8(12)13-9(2,3)4/h1,7H,6H2,2-4H3,(H,11,12). The van der Waals surface area contributed by atoms with Gasteiger partial charge in [0.05, 0.1) is 0 Å². The van der Waals surface area contributed by atoms with Crippen LogP contribution >= 0.6 is 22.6 Å². The molecule has 0 aromatic rings. The highest BCUT2D eigenvalue weighted by molar-refractivity contribution is 14.1. The van der Waals surface area contributed by atoms with Gasteiger partial charge < -0.3 is 10.1 Å². The van der Waals surface area contributed by atoms with E-state index in [-0.39, 0.29) is 6.04 Å². The van der Waals surface area contributed by atoms with Crippen molar-refractivity contribution in [1.82, 2.24) is 5.32 Å². The molecular weight excluding hydrogens is 281 g/mol. The molecule has 0 spiro atoms. The summed E-state index contributed by atoms with van der Waals surface area (Å²) in [6.07, 6.45) is 4.70. The molecule has 0 aliphatic heterocycles. The van der Waals surface area contributed by atoms with Gasteiger partial charge in [0.15, 0.2) is 0 Å². The van der Waals surface area contributed by atoms with Crippen LogP contribution in [0.2, 0.25) is 0 Å². The molecule has 3 nitrogen and oxygen atoms in total. The maximum absolute atomic E-state index is 11.2. The molecule has 13 heavy (non-hydrogen) atoms. The van der Waals surface area contributed by atoms with Gasteiger partial charge in [-0.15, -0.1) is 6.42 Å². The average Bonchev–Trinajstić information content (AvgIpc) is 1.96. The molecule has 0 aliphatic rings. The first-order valence-corrected chi connectivity index (χ1v) is 5.43. The fraction of sp³-hybridized carbons (Fsp3) is 0.667. The van der Waals surface area contributed by atoms with Crippen molar-refractivity contribution >= 4 is 28.7 Å². The van der Waals surface area contributed by atoms with Crippen LogP contribution in [-0.4, -0.2) is 22.2 Å². The highest BCUT2D eigenvalue weighted by atomic mass is 127. The van der Waals surface area contributed by atoms with E-state index in [2.05, 4.69) is 33.8 Å². The lowest BCUT2D eigenvalue weighted by Crippen LogP contribution is -2.39. The van der Waals surface area contributed by atoms with Gasteiger partial charge in [-0.3, -0.25) is 0 Å². The van der Waals surface area contributed by atoms with Crippen molar-refractivity contribution in [3.05, 3.63) is 0 Å². The summed E-state index contributed by atoms with van der Waals surface area (Å²) in [5, 5.41) is 2.57. The first-order valence-electron chi connectivity index (χ1n) is 3.90. The molecule has 1 unspecified atom stereocenters. The number of hydrogen-bond donors (Lipinski definition) is 1. The van der Waals surface area contributed by atoms with E-state index >= 15 is 0 Å². The Morgan fingerprint density at radius 3 is 2.54 bits per heavy atom. The molecule has 0 saturated carbocycles. The van der Waals surface area contributed by atoms with Crippen LogP contribution in [0.4, 0.5) is 4.79 Å². The minimum Gasteiger partial charge on any atom is -0.444 e. The molecule has 0 aliphatic carbocycles. The third-order valence-electron chi connectivity index (χ3n) is 1.05. The fourth-order valence-corrected chi connectivity index (χ4v) is 1.05. The molecule has 0 rings (SSSR count). The summed E-state index contributed by atoms with van der Waals surface area (Å²) in [5.74, 6) is 2.45. The van der Waals surface area contributed by atoms with Crippen molar-refractivity contribution in [3.63, 3.8) is 0 Å². The minimum absolute atomic E-state index is 0.254. The number of rotatable bonds is 2. The molecular formula is C9H14INO2. The van der Waals surface area contributed by atoms with Gasteiger partial charge in [0, 0.05) is 4.43 Å². The molecule has 4 heteroatoms. The number of carbonyl (C=O) groups excluding carboxylic acids is 1. The molecule has 0 fully saturated rings. The third-order valence-corrected chi connectivity index (χ3v) is 1.93. The zero-order chi connectivity index (χ0) is 10.5. The predicted octanol–water partition coefficient (Wildman–Crippen LogP) is 1.95. The number of hydrogen-bond acceptors (Lipinski definition) is 2. The zero-order valence-electron chi connectivity index (χ0n) is 8.06. The van der Waals surface area contributed by atoms with Crippen LogP contribution in [0.5, 0.6) is 0 Å². The summed E-state index contributed by atoms with van der Waals surface area (Å²) in [6.45, 7) is 5.42. The molecule has 0 radical (unpaired) electrons. The Bertz CT molecular complexity index is 215. The van der Waals surface area contributed by atoms with Crippen LogP contribution < -0.4 is 5.32 Å². The van der Waals surface area contributed by atoms with Crippen molar-refractivity contribution in [1.29, 1.82) is 0 Å². The Labute approximate surface area is 92.7 Å². The summed E-state index contributed by atoms with van der Waals surface area (Å²) in [5.41, 5.74) is -0.478. The highest BCUT2D eigenvalue weighted by Gasteiger charge is 2.17. The van der Waals surface area contributed by atoms with E-state index in [0.717, 1.165) is 0 Å². The van der Waals surface area contributed by atoms with Crippen LogP contribution in [0, 0.1) is 12.3 Å². The van der Waals surface area contributed by atoms with Crippen LogP contribution in [0.1, 0.15) is 20.8 Å². The van der Waals surface area contributed by atoms with Crippen LogP contribution in [0.3, 0.4) is 0 Å². The number of nitrogens with one attached hydrogen (secondary N) is 1. The SMILES string of the molecule is C#CC(CI)NC(=O)OC(C)(C)C. The number of halogens is 1. The van der Waals surface area contributed by atoms with E-state index in [1.165, 1.54) is 0 Å². The zero-order valence-corrected chi connectivity index (χ0v) is 10.2. The fourth-order valence-electron chi connectivity index (χ4n) is 0.575. The topological polar surface area (TPSA) is 38.3 Å². The van der Waals surface area contributed by atoms with E-state index < -0.39 is 11.7 Å². The van der Waals surface area contributed by atoms with Gasteiger partial charge in [-0.2, -0.15) is 0 Å². The maximum Gasteiger partial charge on any atom is 0.408 e. The van der Waals surface area contributed by atoms with Crippen LogP contribution in [-0.2, 0) is 4.74 Å².